The molecular weight excluding hydrogens is 223 g/mol. The number of anilines is 1. The summed E-state index contributed by atoms with van der Waals surface area (Å²) in [5, 5.41) is 8.63. The van der Waals surface area contributed by atoms with Gasteiger partial charge in [-0.25, -0.2) is 0 Å². The van der Waals surface area contributed by atoms with Gasteiger partial charge in [-0.3, -0.25) is 9.89 Å². The zero-order valence-electron chi connectivity index (χ0n) is 7.80. The molecule has 0 aliphatic rings. The fourth-order valence-electron chi connectivity index (χ4n) is 1.36. The van der Waals surface area contributed by atoms with E-state index in [9.17, 15) is 18.0 Å². The van der Waals surface area contributed by atoms with Crippen LogP contribution in [0.1, 0.15) is 5.56 Å². The average molecular weight is 229 g/mol. The summed E-state index contributed by atoms with van der Waals surface area (Å²) in [6.45, 7) is 0. The fraction of sp³-hybridized carbons (Fsp3) is 0.111. The van der Waals surface area contributed by atoms with E-state index in [1.807, 2.05) is 0 Å². The number of carbonyl (C=O) groups excluding carboxylic acids is 1. The number of aromatic amines is 1. The van der Waals surface area contributed by atoms with Gasteiger partial charge in [-0.05, 0) is 18.2 Å². The second-order valence-corrected chi connectivity index (χ2v) is 3.09. The second-order valence-electron chi connectivity index (χ2n) is 3.09. The zero-order valence-corrected chi connectivity index (χ0v) is 7.80. The fourth-order valence-corrected chi connectivity index (χ4v) is 1.36. The van der Waals surface area contributed by atoms with Gasteiger partial charge in [-0.1, -0.05) is 0 Å². The maximum atomic E-state index is 12.4. The van der Waals surface area contributed by atoms with Crippen LogP contribution in [0.2, 0.25) is 0 Å². The maximum absolute atomic E-state index is 12.4. The number of halogens is 3. The third-order valence-electron chi connectivity index (χ3n) is 2.09. The average Bonchev–Trinajstić information content (AvgIpc) is 2.60. The third kappa shape index (κ3) is 1.71. The highest BCUT2D eigenvalue weighted by Crippen LogP contribution is 2.32. The summed E-state index contributed by atoms with van der Waals surface area (Å²) in [7, 11) is 0. The molecule has 7 heteroatoms. The first kappa shape index (κ1) is 10.5. The molecule has 0 unspecified atom stereocenters. The number of hydrogen-bond acceptors (Lipinski definition) is 2. The molecule has 84 valence electrons. The van der Waals surface area contributed by atoms with Gasteiger partial charge in [0, 0.05) is 5.39 Å². The number of benzene rings is 1. The molecule has 0 aliphatic carbocycles. The van der Waals surface area contributed by atoms with Gasteiger partial charge in [0.25, 0.3) is 0 Å². The molecule has 0 radical (unpaired) electrons. The van der Waals surface area contributed by atoms with Gasteiger partial charge in [0.15, 0.2) is 5.82 Å². The van der Waals surface area contributed by atoms with Gasteiger partial charge in [0.2, 0.25) is 6.41 Å². The highest BCUT2D eigenvalue weighted by atomic mass is 19.4. The Labute approximate surface area is 87.4 Å². The van der Waals surface area contributed by atoms with Crippen molar-refractivity contribution in [3.8, 4) is 0 Å². The topological polar surface area (TPSA) is 57.8 Å². The molecule has 1 heterocycles. The predicted molar refractivity (Wildman–Crippen MR) is 50.8 cm³/mol. The molecule has 16 heavy (non-hydrogen) atoms. The summed E-state index contributed by atoms with van der Waals surface area (Å²) < 4.78 is 37.3. The van der Waals surface area contributed by atoms with Crippen molar-refractivity contribution in [3.05, 3.63) is 23.8 Å². The minimum absolute atomic E-state index is 0.0797. The standard InChI is InChI=1S/C9H6F3N3O/c10-9(11,12)5-1-2-7-6(3-5)8(13-4-16)15-14-7/h1-4H,(H2,13,14,15,16). The number of fused-ring (bicyclic) bond motifs is 1. The van der Waals surface area contributed by atoms with Crippen LogP contribution in [0.15, 0.2) is 18.2 Å². The number of nitrogens with one attached hydrogen (secondary N) is 2. The monoisotopic (exact) mass is 229 g/mol. The number of carbonyl (C=O) groups is 1. The molecule has 0 saturated carbocycles. The van der Waals surface area contributed by atoms with E-state index in [-0.39, 0.29) is 11.2 Å². The van der Waals surface area contributed by atoms with Gasteiger partial charge in [-0.15, -0.1) is 0 Å². The van der Waals surface area contributed by atoms with E-state index in [4.69, 9.17) is 0 Å². The minimum Gasteiger partial charge on any atom is -0.311 e. The Kier molecular flexibility index (Phi) is 2.30. The van der Waals surface area contributed by atoms with Crippen LogP contribution in [0.25, 0.3) is 10.9 Å². The summed E-state index contributed by atoms with van der Waals surface area (Å²) >= 11 is 0. The van der Waals surface area contributed by atoms with Crippen LogP contribution >= 0.6 is 0 Å². The maximum Gasteiger partial charge on any atom is 0.416 e. The van der Waals surface area contributed by atoms with E-state index in [1.54, 1.807) is 0 Å². The lowest BCUT2D eigenvalue weighted by atomic mass is 10.1. The number of alkyl halides is 3. The van der Waals surface area contributed by atoms with E-state index in [0.29, 0.717) is 11.9 Å². The number of amides is 1. The Bertz CT molecular complexity index is 532. The van der Waals surface area contributed by atoms with Crippen LogP contribution in [0.3, 0.4) is 0 Å². The van der Waals surface area contributed by atoms with Crippen molar-refractivity contribution in [1.82, 2.24) is 10.2 Å². The smallest absolute Gasteiger partial charge is 0.311 e. The van der Waals surface area contributed by atoms with Crippen LogP contribution in [0.4, 0.5) is 19.0 Å². The molecule has 0 bridgehead atoms. The molecule has 0 saturated heterocycles. The van der Waals surface area contributed by atoms with Crippen molar-refractivity contribution < 1.29 is 18.0 Å². The number of aromatic nitrogens is 2. The first-order chi connectivity index (χ1) is 7.52. The molecule has 0 aliphatic heterocycles. The van der Waals surface area contributed by atoms with Crippen molar-refractivity contribution >= 4 is 23.1 Å². The summed E-state index contributed by atoms with van der Waals surface area (Å²) in [5.74, 6) is 0.0797. The summed E-state index contributed by atoms with van der Waals surface area (Å²) in [5.41, 5.74) is -0.354. The highest BCUT2D eigenvalue weighted by molar-refractivity contribution is 5.94. The lowest BCUT2D eigenvalue weighted by Crippen LogP contribution is -2.04. The Hall–Kier alpha value is -2.05. The van der Waals surface area contributed by atoms with E-state index < -0.39 is 11.7 Å². The third-order valence-corrected chi connectivity index (χ3v) is 2.09. The molecule has 0 fully saturated rings. The first-order valence-electron chi connectivity index (χ1n) is 4.28. The summed E-state index contributed by atoms with van der Waals surface area (Å²) in [6.07, 6.45) is -4.06. The minimum atomic E-state index is -4.41. The number of hydrogen-bond donors (Lipinski definition) is 2. The van der Waals surface area contributed by atoms with E-state index in [2.05, 4.69) is 15.5 Å². The summed E-state index contributed by atoms with van der Waals surface area (Å²) in [4.78, 5) is 10.2. The number of nitrogens with zero attached hydrogens (tertiary/aromatic N) is 1. The lowest BCUT2D eigenvalue weighted by Gasteiger charge is -2.05. The van der Waals surface area contributed by atoms with E-state index in [1.165, 1.54) is 6.07 Å². The van der Waals surface area contributed by atoms with Gasteiger partial charge in [0.1, 0.15) is 0 Å². The Morgan fingerprint density at radius 2 is 2.12 bits per heavy atom. The lowest BCUT2D eigenvalue weighted by molar-refractivity contribution is -0.137. The molecule has 1 aromatic heterocycles. The van der Waals surface area contributed by atoms with Gasteiger partial charge in [-0.2, -0.15) is 18.3 Å². The first-order valence-corrected chi connectivity index (χ1v) is 4.28. The molecule has 2 N–H and O–H groups in total. The van der Waals surface area contributed by atoms with Crippen molar-refractivity contribution in [2.24, 2.45) is 0 Å². The van der Waals surface area contributed by atoms with Crippen molar-refractivity contribution in [2.75, 3.05) is 5.32 Å². The zero-order chi connectivity index (χ0) is 11.8. The van der Waals surface area contributed by atoms with Crippen LogP contribution in [0.5, 0.6) is 0 Å². The van der Waals surface area contributed by atoms with Gasteiger partial charge in [0.05, 0.1) is 11.1 Å². The van der Waals surface area contributed by atoms with Crippen molar-refractivity contribution in [3.63, 3.8) is 0 Å². The Morgan fingerprint density at radius 1 is 1.38 bits per heavy atom. The molecule has 4 nitrogen and oxygen atoms in total. The quantitative estimate of drug-likeness (QED) is 0.775. The molecule has 1 amide bonds. The molecule has 0 atom stereocenters. The summed E-state index contributed by atoms with van der Waals surface area (Å²) in [6, 6.07) is 3.15. The van der Waals surface area contributed by atoms with Gasteiger partial charge < -0.3 is 5.32 Å². The van der Waals surface area contributed by atoms with E-state index in [0.717, 1.165) is 12.1 Å². The largest absolute Gasteiger partial charge is 0.416 e. The van der Waals surface area contributed by atoms with Gasteiger partial charge >= 0.3 is 6.18 Å². The van der Waals surface area contributed by atoms with Crippen molar-refractivity contribution in [2.45, 2.75) is 6.18 Å². The number of rotatable bonds is 2. The van der Waals surface area contributed by atoms with Crippen molar-refractivity contribution in [1.29, 1.82) is 0 Å². The van der Waals surface area contributed by atoms with Crippen LogP contribution in [-0.4, -0.2) is 16.6 Å². The molecule has 2 rings (SSSR count). The highest BCUT2D eigenvalue weighted by Gasteiger charge is 2.30. The Morgan fingerprint density at radius 3 is 2.75 bits per heavy atom. The molecule has 1 aromatic carbocycles. The van der Waals surface area contributed by atoms with E-state index >= 15 is 0 Å². The SMILES string of the molecule is O=CNc1n[nH]c2ccc(C(F)(F)F)cc12. The molecule has 0 spiro atoms. The second kappa shape index (κ2) is 3.51. The molecule has 2 aromatic rings. The van der Waals surface area contributed by atoms with Crippen LogP contribution in [-0.2, 0) is 11.0 Å². The number of H-pyrrole nitrogens is 1. The Balaban J connectivity index is 2.58. The van der Waals surface area contributed by atoms with Crippen LogP contribution in [0, 0.1) is 0 Å². The van der Waals surface area contributed by atoms with Crippen LogP contribution < -0.4 is 5.32 Å². The molecular formula is C9H6F3N3O. The normalized spacial score (nSPS) is 11.7. The predicted octanol–water partition coefficient (Wildman–Crippen LogP) is 2.15.